The molecule has 0 spiro atoms. The topological polar surface area (TPSA) is 74.7 Å². The van der Waals surface area contributed by atoms with Crippen molar-refractivity contribution in [3.63, 3.8) is 0 Å². The molecular formula is C19H20F3N3O3. The minimum absolute atomic E-state index is 0.628. The average molecular weight is 395 g/mol. The molecule has 2 fully saturated rings. The number of nitrogens with one attached hydrogen (secondary N) is 1. The predicted molar refractivity (Wildman–Crippen MR) is 97.5 cm³/mol. The Kier molecular flexibility index (Phi) is 5.73. The highest BCUT2D eigenvalue weighted by Gasteiger charge is 2.38. The second-order valence-electron chi connectivity index (χ2n) is 6.61. The first-order valence-electron chi connectivity index (χ1n) is 8.67. The number of aromatic nitrogens is 1. The maximum atomic E-state index is 10.6. The lowest BCUT2D eigenvalue weighted by molar-refractivity contribution is -0.192. The van der Waals surface area contributed by atoms with Crippen LogP contribution in [0.15, 0.2) is 42.7 Å². The number of pyridine rings is 1. The second-order valence-corrected chi connectivity index (χ2v) is 6.61. The van der Waals surface area contributed by atoms with Crippen LogP contribution in [-0.4, -0.2) is 54.5 Å². The largest absolute Gasteiger partial charge is 0.497 e. The van der Waals surface area contributed by atoms with Crippen LogP contribution in [0.3, 0.4) is 0 Å². The van der Waals surface area contributed by atoms with Crippen LogP contribution in [0.2, 0.25) is 0 Å². The third-order valence-corrected chi connectivity index (χ3v) is 4.78. The summed E-state index contributed by atoms with van der Waals surface area (Å²) in [5.74, 6) is -1.88. The summed E-state index contributed by atoms with van der Waals surface area (Å²) in [7, 11) is 1.69. The van der Waals surface area contributed by atoms with Crippen LogP contribution >= 0.6 is 0 Å². The van der Waals surface area contributed by atoms with E-state index in [1.165, 1.54) is 17.7 Å². The lowest BCUT2D eigenvalue weighted by Gasteiger charge is -2.29. The Morgan fingerprint density at radius 1 is 1.25 bits per heavy atom. The third kappa shape index (κ3) is 4.53. The highest BCUT2D eigenvalue weighted by atomic mass is 19.4. The summed E-state index contributed by atoms with van der Waals surface area (Å²) < 4.78 is 36.9. The minimum atomic E-state index is -5.08. The molecule has 28 heavy (non-hydrogen) atoms. The minimum Gasteiger partial charge on any atom is -0.497 e. The summed E-state index contributed by atoms with van der Waals surface area (Å²) >= 11 is 0. The molecule has 1 aromatic heterocycles. The zero-order chi connectivity index (χ0) is 20.3. The SMILES string of the molecule is COc1ccc(-c2cncc(N3CC4CC3CN4)c2)cc1.O=C(O)C(F)(F)F. The van der Waals surface area contributed by atoms with Crippen LogP contribution in [0.4, 0.5) is 18.9 Å². The second kappa shape index (κ2) is 8.05. The monoisotopic (exact) mass is 395 g/mol. The highest BCUT2D eigenvalue weighted by Crippen LogP contribution is 2.31. The molecule has 0 radical (unpaired) electrons. The van der Waals surface area contributed by atoms with Gasteiger partial charge in [-0.25, -0.2) is 4.79 Å². The number of carboxylic acid groups (broad SMARTS) is 1. The molecule has 9 heteroatoms. The summed E-state index contributed by atoms with van der Waals surface area (Å²) in [6, 6.07) is 11.7. The Labute approximate surface area is 159 Å². The number of halogens is 3. The van der Waals surface area contributed by atoms with E-state index in [1.807, 2.05) is 24.5 Å². The van der Waals surface area contributed by atoms with Gasteiger partial charge in [0.1, 0.15) is 5.75 Å². The van der Waals surface area contributed by atoms with Gasteiger partial charge in [0.15, 0.2) is 0 Å². The van der Waals surface area contributed by atoms with Gasteiger partial charge in [-0.3, -0.25) is 4.98 Å². The number of aliphatic carboxylic acids is 1. The van der Waals surface area contributed by atoms with Crippen molar-refractivity contribution in [2.24, 2.45) is 0 Å². The maximum Gasteiger partial charge on any atom is 0.490 e. The Morgan fingerprint density at radius 3 is 2.43 bits per heavy atom. The van der Waals surface area contributed by atoms with Crippen LogP contribution in [-0.2, 0) is 4.79 Å². The molecule has 4 rings (SSSR count). The number of methoxy groups -OCH3 is 1. The lowest BCUT2D eigenvalue weighted by atomic mass is 10.1. The molecule has 0 saturated carbocycles. The summed E-state index contributed by atoms with van der Waals surface area (Å²) in [6.07, 6.45) is 0.0817. The van der Waals surface area contributed by atoms with Crippen molar-refractivity contribution >= 4 is 11.7 Å². The number of piperazine rings is 1. The van der Waals surface area contributed by atoms with Gasteiger partial charge in [0.25, 0.3) is 0 Å². The van der Waals surface area contributed by atoms with E-state index in [0.29, 0.717) is 12.1 Å². The van der Waals surface area contributed by atoms with Gasteiger partial charge in [0.2, 0.25) is 0 Å². The van der Waals surface area contributed by atoms with E-state index < -0.39 is 12.1 Å². The van der Waals surface area contributed by atoms with Crippen LogP contribution < -0.4 is 15.0 Å². The highest BCUT2D eigenvalue weighted by molar-refractivity contribution is 5.73. The number of nitrogens with zero attached hydrogens (tertiary/aromatic N) is 2. The molecule has 3 heterocycles. The summed E-state index contributed by atoms with van der Waals surface area (Å²) in [5, 5.41) is 10.7. The molecule has 2 aliphatic rings. The number of hydrogen-bond donors (Lipinski definition) is 2. The number of fused-ring (bicyclic) bond motifs is 2. The normalized spacial score (nSPS) is 20.5. The number of hydrogen-bond acceptors (Lipinski definition) is 5. The van der Waals surface area contributed by atoms with Crippen molar-refractivity contribution in [1.29, 1.82) is 0 Å². The van der Waals surface area contributed by atoms with Gasteiger partial charge in [-0.2, -0.15) is 13.2 Å². The predicted octanol–water partition coefficient (Wildman–Crippen LogP) is 2.94. The number of carbonyl (C=O) groups is 1. The first-order chi connectivity index (χ1) is 13.3. The van der Waals surface area contributed by atoms with E-state index in [9.17, 15) is 13.2 Å². The number of rotatable bonds is 3. The first-order valence-corrected chi connectivity index (χ1v) is 8.67. The van der Waals surface area contributed by atoms with E-state index >= 15 is 0 Å². The van der Waals surface area contributed by atoms with E-state index in [0.717, 1.165) is 24.4 Å². The Morgan fingerprint density at radius 2 is 1.93 bits per heavy atom. The quantitative estimate of drug-likeness (QED) is 0.833. The Balaban J connectivity index is 0.000000279. The molecule has 2 saturated heterocycles. The molecule has 0 amide bonds. The summed E-state index contributed by atoms with van der Waals surface area (Å²) in [4.78, 5) is 15.8. The number of carboxylic acids is 1. The van der Waals surface area contributed by atoms with Crippen molar-refractivity contribution in [2.45, 2.75) is 24.7 Å². The zero-order valence-corrected chi connectivity index (χ0v) is 15.1. The fourth-order valence-corrected chi connectivity index (χ4v) is 3.40. The number of alkyl halides is 3. The van der Waals surface area contributed by atoms with Crippen molar-refractivity contribution < 1.29 is 27.8 Å². The van der Waals surface area contributed by atoms with Crippen molar-refractivity contribution in [3.05, 3.63) is 42.7 Å². The van der Waals surface area contributed by atoms with Crippen molar-refractivity contribution in [1.82, 2.24) is 10.3 Å². The molecular weight excluding hydrogens is 375 g/mol. The smallest absolute Gasteiger partial charge is 0.490 e. The lowest BCUT2D eigenvalue weighted by Crippen LogP contribution is -2.43. The molecule has 1 aromatic carbocycles. The molecule has 2 atom stereocenters. The van der Waals surface area contributed by atoms with Gasteiger partial charge in [0.05, 0.1) is 19.0 Å². The summed E-state index contributed by atoms with van der Waals surface area (Å²) in [6.45, 7) is 2.19. The van der Waals surface area contributed by atoms with Crippen LogP contribution in [0.5, 0.6) is 5.75 Å². The van der Waals surface area contributed by atoms with Crippen molar-refractivity contribution in [3.8, 4) is 16.9 Å². The molecule has 2 N–H and O–H groups in total. The maximum absolute atomic E-state index is 10.6. The first kappa shape index (κ1) is 19.9. The average Bonchev–Trinajstić information content (AvgIpc) is 3.31. The number of benzene rings is 1. The van der Waals surface area contributed by atoms with Crippen LogP contribution in [0.25, 0.3) is 11.1 Å². The fourth-order valence-electron chi connectivity index (χ4n) is 3.40. The standard InChI is InChI=1S/C17H19N3O.C2HF3O2/c1-21-17-4-2-12(3-5-17)13-6-15(9-18-8-13)20-11-14-7-16(20)10-19-14;3-2(4,5)1(6)7/h2-6,8-9,14,16,19H,7,10-11H2,1H3;(H,6,7). The molecule has 6 nitrogen and oxygen atoms in total. The van der Waals surface area contributed by atoms with E-state index in [4.69, 9.17) is 14.6 Å². The van der Waals surface area contributed by atoms with Gasteiger partial charge < -0.3 is 20.1 Å². The van der Waals surface area contributed by atoms with Crippen LogP contribution in [0, 0.1) is 0 Å². The third-order valence-electron chi connectivity index (χ3n) is 4.78. The van der Waals surface area contributed by atoms with E-state index in [1.54, 1.807) is 7.11 Å². The Bertz CT molecular complexity index is 827. The molecule has 2 bridgehead atoms. The number of anilines is 1. The molecule has 150 valence electrons. The van der Waals surface area contributed by atoms with Crippen LogP contribution in [0.1, 0.15) is 6.42 Å². The van der Waals surface area contributed by atoms with Gasteiger partial charge >= 0.3 is 12.1 Å². The molecule has 2 aromatic rings. The van der Waals surface area contributed by atoms with Gasteiger partial charge in [0, 0.05) is 36.9 Å². The molecule has 0 aliphatic carbocycles. The van der Waals surface area contributed by atoms with E-state index in [2.05, 4.69) is 33.4 Å². The van der Waals surface area contributed by atoms with Gasteiger partial charge in [-0.15, -0.1) is 0 Å². The van der Waals surface area contributed by atoms with Gasteiger partial charge in [-0.1, -0.05) is 12.1 Å². The zero-order valence-electron chi connectivity index (χ0n) is 15.1. The Hall–Kier alpha value is -2.81. The van der Waals surface area contributed by atoms with Crippen molar-refractivity contribution in [2.75, 3.05) is 25.1 Å². The molecule has 2 aliphatic heterocycles. The molecule has 2 unspecified atom stereocenters. The van der Waals surface area contributed by atoms with Gasteiger partial charge in [-0.05, 0) is 30.2 Å². The summed E-state index contributed by atoms with van der Waals surface area (Å²) in [5.41, 5.74) is 3.57. The number of ether oxygens (including phenoxy) is 1. The van der Waals surface area contributed by atoms with E-state index in [-0.39, 0.29) is 0 Å². The fraction of sp³-hybridized carbons (Fsp3) is 0.368.